The third-order valence-electron chi connectivity index (χ3n) is 5.10. The second-order valence-electron chi connectivity index (χ2n) is 10.3. The number of likely N-dealkylation sites (N-methyl/N-ethyl adjacent to an activating group) is 1. The van der Waals surface area contributed by atoms with Gasteiger partial charge in [-0.3, -0.25) is 24.2 Å². The van der Waals surface area contributed by atoms with Gasteiger partial charge in [0, 0.05) is 20.1 Å². The lowest BCUT2D eigenvalue weighted by atomic mass is 10.1. The van der Waals surface area contributed by atoms with Gasteiger partial charge in [0.1, 0.15) is 17.2 Å². The van der Waals surface area contributed by atoms with Crippen LogP contribution in [-0.2, 0) is 23.9 Å². The Hall–Kier alpha value is -1.66. The van der Waals surface area contributed by atoms with E-state index in [0.717, 1.165) is 24.3 Å². The van der Waals surface area contributed by atoms with Crippen LogP contribution in [0.1, 0.15) is 89.0 Å². The Morgan fingerprint density at radius 3 is 1.43 bits per heavy atom. The molecule has 0 bridgehead atoms. The highest BCUT2D eigenvalue weighted by Crippen LogP contribution is 2.23. The minimum atomic E-state index is -0.555. The number of ether oxygens (including phenoxy) is 2. The predicted octanol–water partition coefficient (Wildman–Crippen LogP) is 4.88. The van der Waals surface area contributed by atoms with E-state index >= 15 is 0 Å². The van der Waals surface area contributed by atoms with E-state index in [4.69, 9.17) is 14.3 Å². The fourth-order valence-corrected chi connectivity index (χ4v) is 3.59. The summed E-state index contributed by atoms with van der Waals surface area (Å²) in [4.78, 5) is 54.9. The van der Waals surface area contributed by atoms with Crippen molar-refractivity contribution < 1.29 is 33.5 Å². The number of ketones is 1. The third kappa shape index (κ3) is 14.2. The topological polar surface area (TPSA) is 106 Å². The van der Waals surface area contributed by atoms with E-state index in [-0.39, 0.29) is 65.7 Å². The highest BCUT2D eigenvalue weighted by atomic mass is 32.1. The average Bonchev–Trinajstić information content (AvgIpc) is 3.34. The van der Waals surface area contributed by atoms with Gasteiger partial charge in [0.05, 0.1) is 13.2 Å². The first-order chi connectivity index (χ1) is 15.1. The SMILES string of the molecule is C.C.CC(=O)[C@@H]1CCCN1C(=O)OC(C)(C)C.CON(C)C(=O)[C@@H]1CCCN1C(=O)OC(C)(C)C.S.S. The molecule has 0 aliphatic carbocycles. The Balaban J connectivity index is -0.000000269. The number of hydrogen-bond donors (Lipinski definition) is 0. The van der Waals surface area contributed by atoms with Crippen LogP contribution in [0.3, 0.4) is 0 Å². The van der Waals surface area contributed by atoms with Crippen LogP contribution < -0.4 is 0 Å². The monoisotopic (exact) mass is 571 g/mol. The molecule has 0 aromatic carbocycles. The van der Waals surface area contributed by atoms with E-state index in [0.29, 0.717) is 19.5 Å². The molecule has 0 N–H and O–H groups in total. The van der Waals surface area contributed by atoms with Crippen LogP contribution in [0.25, 0.3) is 0 Å². The van der Waals surface area contributed by atoms with Gasteiger partial charge in [-0.2, -0.15) is 27.0 Å². The zero-order chi connectivity index (χ0) is 25.6. The lowest BCUT2D eigenvalue weighted by molar-refractivity contribution is -0.173. The molecule has 0 aromatic rings. The van der Waals surface area contributed by atoms with Crippen molar-refractivity contribution >= 4 is 50.9 Å². The smallest absolute Gasteiger partial charge is 0.410 e. The Kier molecular flexibility index (Phi) is 20.4. The van der Waals surface area contributed by atoms with E-state index in [1.807, 2.05) is 20.8 Å². The number of carbonyl (C=O) groups is 4. The number of carbonyl (C=O) groups excluding carboxylic acids is 4. The number of hydroxylamine groups is 2. The van der Waals surface area contributed by atoms with Crippen molar-refractivity contribution in [2.24, 2.45) is 0 Å². The fraction of sp³-hybridized carbons (Fsp3) is 0.840. The maximum absolute atomic E-state index is 12.0. The quantitative estimate of drug-likeness (QED) is 0.445. The van der Waals surface area contributed by atoms with Crippen molar-refractivity contribution in [3.63, 3.8) is 0 Å². The molecule has 37 heavy (non-hydrogen) atoms. The number of amides is 3. The van der Waals surface area contributed by atoms with Gasteiger partial charge in [0.25, 0.3) is 5.91 Å². The molecule has 0 saturated carbocycles. The highest BCUT2D eigenvalue weighted by molar-refractivity contribution is 7.59. The molecule has 2 saturated heterocycles. The van der Waals surface area contributed by atoms with Gasteiger partial charge in [-0.25, -0.2) is 14.7 Å². The predicted molar refractivity (Wildman–Crippen MR) is 157 cm³/mol. The zero-order valence-electron chi connectivity index (χ0n) is 22.6. The number of rotatable bonds is 3. The van der Waals surface area contributed by atoms with Crippen LogP contribution in [0.4, 0.5) is 9.59 Å². The summed E-state index contributed by atoms with van der Waals surface area (Å²) in [6, 6.07) is -0.760. The van der Waals surface area contributed by atoms with E-state index in [9.17, 15) is 19.2 Å². The molecule has 2 aliphatic heterocycles. The van der Waals surface area contributed by atoms with Crippen LogP contribution in [0.2, 0.25) is 0 Å². The number of nitrogens with zero attached hydrogens (tertiary/aromatic N) is 3. The van der Waals surface area contributed by atoms with E-state index in [1.54, 1.807) is 20.8 Å². The standard InChI is InChI=1S/C12H22N2O4.C11H19NO3.2CH4.2H2S/c1-12(2,3)18-11(16)14-8-6-7-9(14)10(15)13(4)17-5;1-8(13)9-6-5-7-12(9)10(14)15-11(2,3)4;;;;/h9H,6-8H2,1-5H3;9H,5-7H2,1-4H3;2*1H4;2*1H2/t2*9-;;;;/m00..../s1. The van der Waals surface area contributed by atoms with E-state index in [1.165, 1.54) is 30.9 Å². The third-order valence-corrected chi connectivity index (χ3v) is 5.10. The Bertz CT molecular complexity index is 724. The van der Waals surface area contributed by atoms with Crippen LogP contribution in [0.5, 0.6) is 0 Å². The molecule has 222 valence electrons. The summed E-state index contributed by atoms with van der Waals surface area (Å²) < 4.78 is 10.5. The lowest BCUT2D eigenvalue weighted by Gasteiger charge is -2.29. The largest absolute Gasteiger partial charge is 0.444 e. The van der Waals surface area contributed by atoms with Gasteiger partial charge in [0.15, 0.2) is 5.78 Å². The van der Waals surface area contributed by atoms with E-state index in [2.05, 4.69) is 0 Å². The van der Waals surface area contributed by atoms with Gasteiger partial charge in [-0.1, -0.05) is 14.9 Å². The van der Waals surface area contributed by atoms with Crippen molar-refractivity contribution in [3.05, 3.63) is 0 Å². The van der Waals surface area contributed by atoms with Gasteiger partial charge >= 0.3 is 12.2 Å². The summed E-state index contributed by atoms with van der Waals surface area (Å²) in [6.45, 7) is 13.6. The second kappa shape index (κ2) is 17.8. The normalized spacial score (nSPS) is 18.4. The molecular formula is C25H53N3O7S2. The minimum absolute atomic E-state index is 0. The first-order valence-corrected chi connectivity index (χ1v) is 11.4. The summed E-state index contributed by atoms with van der Waals surface area (Å²) in [6.07, 6.45) is 2.26. The molecule has 3 amide bonds. The summed E-state index contributed by atoms with van der Waals surface area (Å²) in [7, 11) is 2.96. The second-order valence-corrected chi connectivity index (χ2v) is 10.3. The van der Waals surface area contributed by atoms with Crippen LogP contribution in [0, 0.1) is 0 Å². The average molecular weight is 572 g/mol. The van der Waals surface area contributed by atoms with Crippen molar-refractivity contribution in [1.82, 2.24) is 14.9 Å². The van der Waals surface area contributed by atoms with Crippen LogP contribution in [0.15, 0.2) is 0 Å². The fourth-order valence-electron chi connectivity index (χ4n) is 3.59. The summed E-state index contributed by atoms with van der Waals surface area (Å²) >= 11 is 0. The lowest BCUT2D eigenvalue weighted by Crippen LogP contribution is -2.47. The van der Waals surface area contributed by atoms with Crippen molar-refractivity contribution in [2.75, 3.05) is 27.2 Å². The summed E-state index contributed by atoms with van der Waals surface area (Å²) in [5.41, 5.74) is -1.05. The first-order valence-electron chi connectivity index (χ1n) is 11.4. The Morgan fingerprint density at radius 1 is 0.757 bits per heavy atom. The molecule has 12 heteroatoms. The maximum atomic E-state index is 12.0. The van der Waals surface area contributed by atoms with Gasteiger partial charge in [0.2, 0.25) is 0 Å². The molecule has 2 atom stereocenters. The van der Waals surface area contributed by atoms with Crippen LogP contribution >= 0.6 is 27.0 Å². The Morgan fingerprint density at radius 2 is 1.11 bits per heavy atom. The molecule has 10 nitrogen and oxygen atoms in total. The molecular weight excluding hydrogens is 518 g/mol. The van der Waals surface area contributed by atoms with Gasteiger partial charge in [-0.15, -0.1) is 0 Å². The minimum Gasteiger partial charge on any atom is -0.444 e. The van der Waals surface area contributed by atoms with Gasteiger partial charge in [-0.05, 0) is 74.1 Å². The number of Topliss-reactive ketones (excluding diaryl/α,β-unsaturated/α-hetero) is 1. The Labute approximate surface area is 238 Å². The molecule has 0 unspecified atom stereocenters. The maximum Gasteiger partial charge on any atom is 0.410 e. The molecule has 2 aliphatic rings. The molecule has 2 rings (SSSR count). The van der Waals surface area contributed by atoms with Crippen molar-refractivity contribution in [2.45, 2.75) is 112 Å². The molecule has 0 spiro atoms. The molecule has 2 heterocycles. The summed E-state index contributed by atoms with van der Waals surface area (Å²) in [5, 5.41) is 1.15. The number of likely N-dealkylation sites (tertiary alicyclic amines) is 2. The van der Waals surface area contributed by atoms with E-state index < -0.39 is 23.3 Å². The van der Waals surface area contributed by atoms with Crippen molar-refractivity contribution in [3.8, 4) is 0 Å². The first kappa shape index (κ1) is 42.4. The zero-order valence-corrected chi connectivity index (χ0v) is 24.6. The highest BCUT2D eigenvalue weighted by Gasteiger charge is 2.38. The molecule has 0 radical (unpaired) electrons. The van der Waals surface area contributed by atoms with Gasteiger partial charge < -0.3 is 9.47 Å². The van der Waals surface area contributed by atoms with Crippen molar-refractivity contribution in [1.29, 1.82) is 0 Å². The number of hydrogen-bond acceptors (Lipinski definition) is 7. The molecule has 0 aromatic heterocycles. The van der Waals surface area contributed by atoms with Crippen LogP contribution in [-0.4, -0.2) is 89.3 Å². The summed E-state index contributed by atoms with van der Waals surface area (Å²) in [5.74, 6) is -0.181. The molecule has 2 fully saturated rings.